The lowest BCUT2D eigenvalue weighted by Gasteiger charge is -2.21. The first-order chi connectivity index (χ1) is 22.3. The molecule has 0 radical (unpaired) electrons. The van der Waals surface area contributed by atoms with Crippen LogP contribution in [-0.2, 0) is 14.9 Å². The molecule has 1 amide bonds. The predicted molar refractivity (Wildman–Crippen MR) is 198 cm³/mol. The summed E-state index contributed by atoms with van der Waals surface area (Å²) in [5.41, 5.74) is 0. The van der Waals surface area contributed by atoms with Crippen molar-refractivity contribution < 1.29 is 22.9 Å². The van der Waals surface area contributed by atoms with Crippen molar-refractivity contribution >= 4 is 16.0 Å². The molecular weight excluding hydrogens is 594 g/mol. The van der Waals surface area contributed by atoms with E-state index in [-0.39, 0.29) is 5.91 Å². The van der Waals surface area contributed by atoms with Crippen molar-refractivity contribution in [3.05, 3.63) is 24.3 Å². The average Bonchev–Trinajstić information content (AvgIpc) is 3.01. The molecule has 2 atom stereocenters. The molecule has 272 valence electrons. The second-order valence-electron chi connectivity index (χ2n) is 13.6. The van der Waals surface area contributed by atoms with Crippen LogP contribution >= 0.6 is 0 Å². The monoisotopic (exact) mass is 670 g/mol. The molecule has 0 aromatic heterocycles. The summed E-state index contributed by atoms with van der Waals surface area (Å²) >= 11 is 0. The van der Waals surface area contributed by atoms with Gasteiger partial charge < -0.3 is 10.4 Å². The Labute approximate surface area is 285 Å². The van der Waals surface area contributed by atoms with Crippen LogP contribution in [0.4, 0.5) is 0 Å². The van der Waals surface area contributed by atoms with Crippen LogP contribution in [-0.4, -0.2) is 41.9 Å². The van der Waals surface area contributed by atoms with Gasteiger partial charge in [0.2, 0.25) is 5.91 Å². The maximum atomic E-state index is 12.4. The van der Waals surface area contributed by atoms with Crippen molar-refractivity contribution in [2.75, 3.05) is 5.75 Å². The number of carbonyl (C=O) groups is 1. The molecule has 0 heterocycles. The minimum atomic E-state index is -4.33. The van der Waals surface area contributed by atoms with Crippen LogP contribution in [0.3, 0.4) is 0 Å². The zero-order valence-corrected chi connectivity index (χ0v) is 31.0. The number of unbranched alkanes of at least 4 members (excludes halogenated alkanes) is 25. The number of hydrogen-bond acceptors (Lipinski definition) is 4. The summed E-state index contributed by atoms with van der Waals surface area (Å²) in [6.45, 7) is 4.46. The highest BCUT2D eigenvalue weighted by Gasteiger charge is 2.24. The standard InChI is InChI=1S/C39H75NO5S/c1-3-5-7-9-11-13-14-15-16-17-18-19-20-21-22-23-24-25-26-27-29-31-33-35-39(42)40-37(36-46(43,44)45)38(41)34-32-30-28-12-10-8-6-4-2/h17-18,32,34,37-38,41H,3-16,19-31,33,35-36H2,1-2H3,(H,40,42)(H,43,44,45)/b18-17-,34-32+. The van der Waals surface area contributed by atoms with Gasteiger partial charge in [0.25, 0.3) is 10.1 Å². The van der Waals surface area contributed by atoms with Crippen molar-refractivity contribution in [2.45, 2.75) is 212 Å². The minimum Gasteiger partial charge on any atom is -0.387 e. The Hall–Kier alpha value is -1.18. The lowest BCUT2D eigenvalue weighted by atomic mass is 10.0. The smallest absolute Gasteiger partial charge is 0.267 e. The molecular formula is C39H75NO5S. The molecule has 46 heavy (non-hydrogen) atoms. The quantitative estimate of drug-likeness (QED) is 0.0354. The van der Waals surface area contributed by atoms with Crippen molar-refractivity contribution in [2.24, 2.45) is 0 Å². The summed E-state index contributed by atoms with van der Waals surface area (Å²) in [5.74, 6) is -0.978. The summed E-state index contributed by atoms with van der Waals surface area (Å²) in [7, 11) is -4.33. The van der Waals surface area contributed by atoms with E-state index in [4.69, 9.17) is 0 Å². The van der Waals surface area contributed by atoms with E-state index in [9.17, 15) is 22.9 Å². The Balaban J connectivity index is 3.76. The van der Waals surface area contributed by atoms with Crippen molar-refractivity contribution in [3.8, 4) is 0 Å². The molecule has 2 unspecified atom stereocenters. The topological polar surface area (TPSA) is 104 Å². The van der Waals surface area contributed by atoms with Crippen LogP contribution in [0.2, 0.25) is 0 Å². The highest BCUT2D eigenvalue weighted by molar-refractivity contribution is 7.85. The molecule has 6 nitrogen and oxygen atoms in total. The first-order valence-electron chi connectivity index (χ1n) is 19.5. The molecule has 0 aromatic rings. The van der Waals surface area contributed by atoms with Gasteiger partial charge in [-0.2, -0.15) is 8.42 Å². The normalized spacial score (nSPS) is 13.6. The Bertz CT molecular complexity index is 826. The number of aliphatic hydroxyl groups excluding tert-OH is 1. The third-order valence-corrected chi connectivity index (χ3v) is 9.65. The van der Waals surface area contributed by atoms with Crippen LogP contribution in [0.1, 0.15) is 200 Å². The van der Waals surface area contributed by atoms with Gasteiger partial charge in [-0.05, 0) is 44.9 Å². The van der Waals surface area contributed by atoms with Crippen LogP contribution in [0, 0.1) is 0 Å². The van der Waals surface area contributed by atoms with E-state index >= 15 is 0 Å². The largest absolute Gasteiger partial charge is 0.387 e. The lowest BCUT2D eigenvalue weighted by Crippen LogP contribution is -2.46. The predicted octanol–water partition coefficient (Wildman–Crippen LogP) is 11.2. The molecule has 0 saturated carbocycles. The number of carbonyl (C=O) groups excluding carboxylic acids is 1. The zero-order valence-electron chi connectivity index (χ0n) is 30.2. The van der Waals surface area contributed by atoms with E-state index in [0.29, 0.717) is 6.42 Å². The molecule has 0 fully saturated rings. The zero-order chi connectivity index (χ0) is 34.0. The SMILES string of the molecule is CCCCCCCC/C=C/C(O)C(CS(=O)(=O)O)NC(=O)CCCCCCCCCCCCC/C=C\CCCCCCCCCC. The number of hydrogen-bond donors (Lipinski definition) is 3. The van der Waals surface area contributed by atoms with Gasteiger partial charge in [-0.1, -0.05) is 173 Å². The number of amides is 1. The molecule has 0 aliphatic carbocycles. The Kier molecular flexibility index (Phi) is 32.8. The highest BCUT2D eigenvalue weighted by Crippen LogP contribution is 2.14. The maximum Gasteiger partial charge on any atom is 0.267 e. The number of nitrogens with one attached hydrogen (secondary N) is 1. The number of aliphatic hydroxyl groups is 1. The fourth-order valence-corrected chi connectivity index (χ4v) is 6.65. The summed E-state index contributed by atoms with van der Waals surface area (Å²) in [4.78, 5) is 12.4. The summed E-state index contributed by atoms with van der Waals surface area (Å²) in [6, 6.07) is -1.05. The third kappa shape index (κ3) is 34.2. The van der Waals surface area contributed by atoms with Gasteiger partial charge in [-0.15, -0.1) is 0 Å². The van der Waals surface area contributed by atoms with Gasteiger partial charge in [0, 0.05) is 6.42 Å². The van der Waals surface area contributed by atoms with E-state index < -0.39 is 28.0 Å². The van der Waals surface area contributed by atoms with Crippen molar-refractivity contribution in [1.82, 2.24) is 5.32 Å². The Morgan fingerprint density at radius 1 is 0.565 bits per heavy atom. The average molecular weight is 670 g/mol. The van der Waals surface area contributed by atoms with Gasteiger partial charge in [0.05, 0.1) is 17.9 Å². The molecule has 0 saturated heterocycles. The second kappa shape index (κ2) is 33.7. The summed E-state index contributed by atoms with van der Waals surface area (Å²) in [6.07, 6.45) is 41.9. The van der Waals surface area contributed by atoms with E-state index in [0.717, 1.165) is 38.5 Å². The molecule has 0 aromatic carbocycles. The first kappa shape index (κ1) is 44.8. The van der Waals surface area contributed by atoms with Gasteiger partial charge in [0.1, 0.15) is 0 Å². The summed E-state index contributed by atoms with van der Waals surface area (Å²) in [5, 5.41) is 13.1. The maximum absolute atomic E-state index is 12.4. The first-order valence-corrected chi connectivity index (χ1v) is 21.1. The van der Waals surface area contributed by atoms with Crippen LogP contribution in [0.15, 0.2) is 24.3 Å². The number of rotatable bonds is 35. The van der Waals surface area contributed by atoms with Crippen LogP contribution in [0.5, 0.6) is 0 Å². The minimum absolute atomic E-state index is 0.281. The third-order valence-electron chi connectivity index (χ3n) is 8.87. The van der Waals surface area contributed by atoms with E-state index in [1.807, 2.05) is 6.08 Å². The Morgan fingerprint density at radius 2 is 0.913 bits per heavy atom. The van der Waals surface area contributed by atoms with Gasteiger partial charge in [0.15, 0.2) is 0 Å². The molecule has 0 bridgehead atoms. The van der Waals surface area contributed by atoms with Gasteiger partial charge >= 0.3 is 0 Å². The van der Waals surface area contributed by atoms with E-state index in [2.05, 4.69) is 31.3 Å². The molecule has 0 rings (SSSR count). The van der Waals surface area contributed by atoms with Crippen LogP contribution < -0.4 is 5.32 Å². The fraction of sp³-hybridized carbons (Fsp3) is 0.872. The van der Waals surface area contributed by atoms with Gasteiger partial charge in [-0.25, -0.2) is 0 Å². The molecule has 3 N–H and O–H groups in total. The van der Waals surface area contributed by atoms with E-state index in [1.165, 1.54) is 141 Å². The molecule has 0 spiro atoms. The van der Waals surface area contributed by atoms with Crippen molar-refractivity contribution in [1.29, 1.82) is 0 Å². The summed E-state index contributed by atoms with van der Waals surface area (Å²) < 4.78 is 32.2. The fourth-order valence-electron chi connectivity index (χ4n) is 5.91. The van der Waals surface area contributed by atoms with Crippen molar-refractivity contribution in [3.63, 3.8) is 0 Å². The van der Waals surface area contributed by atoms with Crippen LogP contribution in [0.25, 0.3) is 0 Å². The molecule has 7 heteroatoms. The van der Waals surface area contributed by atoms with Gasteiger partial charge in [-0.3, -0.25) is 9.35 Å². The molecule has 0 aliphatic heterocycles. The Morgan fingerprint density at radius 3 is 1.30 bits per heavy atom. The number of allylic oxidation sites excluding steroid dienone is 3. The second-order valence-corrected chi connectivity index (χ2v) is 15.1. The lowest BCUT2D eigenvalue weighted by molar-refractivity contribution is -0.122. The highest BCUT2D eigenvalue weighted by atomic mass is 32.2. The van der Waals surface area contributed by atoms with E-state index in [1.54, 1.807) is 6.08 Å². The molecule has 0 aliphatic rings.